The molecule has 2 aliphatic heterocycles. The van der Waals surface area contributed by atoms with E-state index < -0.39 is 4.27 Å². The van der Waals surface area contributed by atoms with Crippen molar-refractivity contribution in [1.82, 2.24) is 0 Å². The smallest absolute Gasteiger partial charge is 0.208 e. The van der Waals surface area contributed by atoms with Gasteiger partial charge < -0.3 is 9.47 Å². The number of halogens is 1. The van der Waals surface area contributed by atoms with Gasteiger partial charge in [-0.3, -0.25) is 0 Å². The molecule has 208 valence electrons. The van der Waals surface area contributed by atoms with E-state index in [2.05, 4.69) is 38.1 Å². The van der Waals surface area contributed by atoms with Gasteiger partial charge in [-0.05, 0) is 91.0 Å². The van der Waals surface area contributed by atoms with E-state index in [1.165, 1.54) is 68.9 Å². The summed E-state index contributed by atoms with van der Waals surface area (Å²) in [4.78, 5) is 0. The number of rotatable bonds is 10. The predicted molar refractivity (Wildman–Crippen MR) is 161 cm³/mol. The van der Waals surface area contributed by atoms with E-state index in [9.17, 15) is 0 Å². The summed E-state index contributed by atoms with van der Waals surface area (Å²) >= 11 is 3.73. The third-order valence-electron chi connectivity index (χ3n) is 8.76. The van der Waals surface area contributed by atoms with Gasteiger partial charge in [-0.1, -0.05) is 76.3 Å². The van der Waals surface area contributed by atoms with Crippen molar-refractivity contribution in [2.45, 2.75) is 107 Å². The summed E-state index contributed by atoms with van der Waals surface area (Å²) in [5.41, 5.74) is 3.77. The number of ether oxygens (including phenoxy) is 2. The molecule has 1 atom stereocenters. The van der Waals surface area contributed by atoms with E-state index in [0.29, 0.717) is 24.0 Å². The number of hydrogen-bond donors (Lipinski definition) is 0. The standard InChI is InChI=1S/C33H45FO2S2/c1-3-5-7-9-24-10-12-25(13-11-24)26-14-16-27(17-15-26)29-23-28-18-19-30(35-20-6-4-2)31(34)32(28)36-33(29)37-21-8-22-38-33/h14-19,24-25,29H,3-13,20-23H2,1-2H3. The summed E-state index contributed by atoms with van der Waals surface area (Å²) in [6.45, 7) is 4.95. The predicted octanol–water partition coefficient (Wildman–Crippen LogP) is 10.1. The van der Waals surface area contributed by atoms with Crippen molar-refractivity contribution in [2.75, 3.05) is 18.1 Å². The van der Waals surface area contributed by atoms with Crippen LogP contribution in [-0.2, 0) is 6.42 Å². The molecule has 38 heavy (non-hydrogen) atoms. The fraction of sp³-hybridized carbons (Fsp3) is 0.636. The average molecular weight is 557 g/mol. The Hall–Kier alpha value is -1.33. The second-order valence-corrected chi connectivity index (χ2v) is 14.3. The van der Waals surface area contributed by atoms with Crippen LogP contribution < -0.4 is 9.47 Å². The van der Waals surface area contributed by atoms with Crippen LogP contribution in [0.4, 0.5) is 4.39 Å². The normalized spacial score (nSPS) is 24.6. The molecule has 1 aliphatic carbocycles. The monoisotopic (exact) mass is 556 g/mol. The highest BCUT2D eigenvalue weighted by molar-refractivity contribution is 8.18. The summed E-state index contributed by atoms with van der Waals surface area (Å²) in [5.74, 6) is 4.32. The van der Waals surface area contributed by atoms with Gasteiger partial charge >= 0.3 is 0 Å². The van der Waals surface area contributed by atoms with Crippen molar-refractivity contribution in [3.63, 3.8) is 0 Å². The number of benzene rings is 2. The van der Waals surface area contributed by atoms with Gasteiger partial charge in [0.15, 0.2) is 11.5 Å². The van der Waals surface area contributed by atoms with Crippen molar-refractivity contribution in [3.05, 3.63) is 58.9 Å². The maximum Gasteiger partial charge on any atom is 0.208 e. The Morgan fingerprint density at radius 2 is 1.61 bits per heavy atom. The Labute approximate surface area is 238 Å². The Bertz CT molecular complexity index is 1030. The van der Waals surface area contributed by atoms with Crippen molar-refractivity contribution in [1.29, 1.82) is 0 Å². The minimum Gasteiger partial charge on any atom is -0.490 e. The maximum atomic E-state index is 15.6. The first-order valence-corrected chi connectivity index (χ1v) is 17.1. The van der Waals surface area contributed by atoms with E-state index >= 15 is 4.39 Å². The summed E-state index contributed by atoms with van der Waals surface area (Å²) in [5, 5.41) is 0. The second kappa shape index (κ2) is 13.4. The number of thioether (sulfide) groups is 2. The average Bonchev–Trinajstić information content (AvgIpc) is 2.96. The van der Waals surface area contributed by atoms with Crippen LogP contribution in [0.5, 0.6) is 11.5 Å². The molecule has 5 heteroatoms. The molecule has 1 saturated carbocycles. The van der Waals surface area contributed by atoms with Gasteiger partial charge in [-0.25, -0.2) is 0 Å². The molecule has 0 amide bonds. The number of unbranched alkanes of at least 4 members (excludes halogenated alkanes) is 3. The van der Waals surface area contributed by atoms with Gasteiger partial charge in [-0.2, -0.15) is 4.39 Å². The van der Waals surface area contributed by atoms with E-state index in [4.69, 9.17) is 9.47 Å². The lowest BCUT2D eigenvalue weighted by molar-refractivity contribution is 0.184. The lowest BCUT2D eigenvalue weighted by Crippen LogP contribution is -2.43. The van der Waals surface area contributed by atoms with Crippen molar-refractivity contribution in [3.8, 4) is 11.5 Å². The molecule has 2 nitrogen and oxygen atoms in total. The van der Waals surface area contributed by atoms with E-state index in [1.54, 1.807) is 6.07 Å². The van der Waals surface area contributed by atoms with Crippen LogP contribution in [0, 0.1) is 11.7 Å². The molecule has 0 aromatic heterocycles. The highest BCUT2D eigenvalue weighted by Gasteiger charge is 2.49. The summed E-state index contributed by atoms with van der Waals surface area (Å²) in [7, 11) is 0. The van der Waals surface area contributed by atoms with Crippen LogP contribution in [0.3, 0.4) is 0 Å². The van der Waals surface area contributed by atoms with Crippen LogP contribution in [0.15, 0.2) is 36.4 Å². The Balaban J connectivity index is 1.31. The van der Waals surface area contributed by atoms with Crippen LogP contribution in [0.1, 0.15) is 113 Å². The van der Waals surface area contributed by atoms with E-state index in [0.717, 1.165) is 42.2 Å². The molecule has 2 aromatic carbocycles. The molecule has 2 heterocycles. The van der Waals surface area contributed by atoms with Gasteiger partial charge in [0.1, 0.15) is 0 Å². The first kappa shape index (κ1) is 28.2. The van der Waals surface area contributed by atoms with Crippen LogP contribution in [-0.4, -0.2) is 22.4 Å². The van der Waals surface area contributed by atoms with Gasteiger partial charge in [0.25, 0.3) is 0 Å². The molecule has 3 aliphatic rings. The van der Waals surface area contributed by atoms with Gasteiger partial charge in [-0.15, -0.1) is 23.5 Å². The molecule has 2 fully saturated rings. The SMILES string of the molecule is CCCCCC1CCC(c2ccc(C3Cc4ccc(OCCCC)c(F)c4OC34SCCCS4)cc2)CC1. The lowest BCUT2D eigenvalue weighted by Gasteiger charge is -2.46. The molecule has 5 rings (SSSR count). The highest BCUT2D eigenvalue weighted by atomic mass is 32.2. The van der Waals surface area contributed by atoms with Gasteiger partial charge in [0.05, 0.1) is 6.61 Å². The third-order valence-corrected chi connectivity index (χ3v) is 12.0. The maximum absolute atomic E-state index is 15.6. The molecule has 1 saturated heterocycles. The fourth-order valence-corrected chi connectivity index (χ4v) is 9.71. The second-order valence-electron chi connectivity index (χ2n) is 11.5. The lowest BCUT2D eigenvalue weighted by atomic mass is 9.76. The topological polar surface area (TPSA) is 18.5 Å². The molecule has 0 radical (unpaired) electrons. The Morgan fingerprint density at radius 1 is 0.895 bits per heavy atom. The number of fused-ring (bicyclic) bond motifs is 1. The number of hydrogen-bond acceptors (Lipinski definition) is 4. The molecule has 2 aromatic rings. The zero-order chi connectivity index (χ0) is 26.4. The zero-order valence-electron chi connectivity index (χ0n) is 23.3. The van der Waals surface area contributed by atoms with Crippen LogP contribution >= 0.6 is 23.5 Å². The van der Waals surface area contributed by atoms with Gasteiger partial charge in [0.2, 0.25) is 10.1 Å². The largest absolute Gasteiger partial charge is 0.490 e. The summed E-state index contributed by atoms with van der Waals surface area (Å²) in [6, 6.07) is 13.3. The van der Waals surface area contributed by atoms with Crippen molar-refractivity contribution < 1.29 is 13.9 Å². The minimum absolute atomic E-state index is 0.194. The van der Waals surface area contributed by atoms with Crippen molar-refractivity contribution in [2.24, 2.45) is 5.92 Å². The Morgan fingerprint density at radius 3 is 2.32 bits per heavy atom. The van der Waals surface area contributed by atoms with Crippen molar-refractivity contribution >= 4 is 23.5 Å². The summed E-state index contributed by atoms with van der Waals surface area (Å²) in [6.07, 6.45) is 14.9. The molecular weight excluding hydrogens is 511 g/mol. The minimum atomic E-state index is -0.480. The Kier molecular flexibility index (Phi) is 9.91. The first-order valence-electron chi connectivity index (χ1n) is 15.1. The quantitative estimate of drug-likeness (QED) is 0.271. The first-order chi connectivity index (χ1) is 18.6. The zero-order valence-corrected chi connectivity index (χ0v) is 24.9. The summed E-state index contributed by atoms with van der Waals surface area (Å²) < 4.78 is 27.5. The van der Waals surface area contributed by atoms with Crippen LogP contribution in [0.2, 0.25) is 0 Å². The third kappa shape index (κ3) is 6.35. The molecular formula is C33H45FO2S2. The molecule has 1 unspecified atom stereocenters. The van der Waals surface area contributed by atoms with E-state index in [1.807, 2.05) is 29.6 Å². The van der Waals surface area contributed by atoms with E-state index in [-0.39, 0.29) is 11.7 Å². The molecule has 0 bridgehead atoms. The fourth-order valence-electron chi connectivity index (χ4n) is 6.42. The van der Waals surface area contributed by atoms with Gasteiger partial charge in [0, 0.05) is 5.92 Å². The highest BCUT2D eigenvalue weighted by Crippen LogP contribution is 2.57. The molecule has 0 N–H and O–H groups in total. The molecule has 1 spiro atoms. The van der Waals surface area contributed by atoms with Crippen LogP contribution in [0.25, 0.3) is 0 Å².